The van der Waals surface area contributed by atoms with E-state index in [1.807, 2.05) is 0 Å². The van der Waals surface area contributed by atoms with Crippen LogP contribution in [0.2, 0.25) is 24.2 Å². The van der Waals surface area contributed by atoms with E-state index in [0.29, 0.717) is 0 Å². The number of hydrogen-bond acceptors (Lipinski definition) is 1. The van der Waals surface area contributed by atoms with Crippen molar-refractivity contribution < 1.29 is 4.43 Å². The molecule has 0 fully saturated rings. The number of rotatable bonds is 6. The summed E-state index contributed by atoms with van der Waals surface area (Å²) in [5, 5.41) is 0. The van der Waals surface area contributed by atoms with E-state index in [2.05, 4.69) is 19.6 Å². The SMILES string of the molecule is C[Si](C)(C)OCCC[CH2][Mg][Cl]. The minimum absolute atomic E-state index is 0.220. The Labute approximate surface area is 84.5 Å². The molecular formula is C7H17ClMgOSi. The highest BCUT2D eigenvalue weighted by Gasteiger charge is 2.12. The fraction of sp³-hybridized carbons (Fsp3) is 1.00. The summed E-state index contributed by atoms with van der Waals surface area (Å²) >= 11 is -0.220. The Morgan fingerprint density at radius 2 is 1.91 bits per heavy atom. The summed E-state index contributed by atoms with van der Waals surface area (Å²) in [6.07, 6.45) is 2.46. The van der Waals surface area contributed by atoms with Gasteiger partial charge < -0.3 is 13.5 Å². The quantitative estimate of drug-likeness (QED) is 0.478. The second-order valence-electron chi connectivity index (χ2n) is 3.71. The smallest absolute Gasteiger partial charge is 0.418 e. The van der Waals surface area contributed by atoms with Gasteiger partial charge in [0.15, 0.2) is 8.32 Å². The first kappa shape index (κ1) is 12.2. The van der Waals surface area contributed by atoms with Crippen molar-refractivity contribution in [3.05, 3.63) is 0 Å². The third-order valence-electron chi connectivity index (χ3n) is 1.31. The average molecular weight is 205 g/mol. The second kappa shape index (κ2) is 6.72. The van der Waals surface area contributed by atoms with Crippen molar-refractivity contribution in [2.75, 3.05) is 6.61 Å². The van der Waals surface area contributed by atoms with E-state index in [1.54, 1.807) is 0 Å². The number of hydrogen-bond donors (Lipinski definition) is 0. The molecule has 0 rings (SSSR count). The summed E-state index contributed by atoms with van der Waals surface area (Å²) in [5.41, 5.74) is 0. The molecule has 0 unspecified atom stereocenters. The van der Waals surface area contributed by atoms with Gasteiger partial charge in [-0.25, -0.2) is 0 Å². The van der Waals surface area contributed by atoms with Crippen molar-refractivity contribution in [1.82, 2.24) is 0 Å². The van der Waals surface area contributed by atoms with Crippen LogP contribution in [-0.2, 0) is 4.43 Å². The van der Waals surface area contributed by atoms with Crippen LogP contribution >= 0.6 is 9.07 Å². The Kier molecular flexibility index (Phi) is 7.47. The third-order valence-corrected chi connectivity index (χ3v) is 3.95. The lowest BCUT2D eigenvalue weighted by Crippen LogP contribution is -2.25. The van der Waals surface area contributed by atoms with Gasteiger partial charge in [-0.15, -0.1) is 4.55 Å². The molecule has 0 spiro atoms. The molecule has 64 valence electrons. The molecular weight excluding hydrogens is 188 g/mol. The summed E-state index contributed by atoms with van der Waals surface area (Å²) < 4.78 is 6.95. The molecule has 0 saturated carbocycles. The fourth-order valence-electron chi connectivity index (χ4n) is 0.752. The van der Waals surface area contributed by atoms with Crippen molar-refractivity contribution in [2.45, 2.75) is 37.0 Å². The fourth-order valence-corrected chi connectivity index (χ4v) is 2.62. The highest BCUT2D eigenvalue weighted by atomic mass is 35.5. The monoisotopic (exact) mass is 204 g/mol. The van der Waals surface area contributed by atoms with Crippen LogP contribution in [0.15, 0.2) is 0 Å². The molecule has 11 heavy (non-hydrogen) atoms. The van der Waals surface area contributed by atoms with E-state index < -0.39 is 8.32 Å². The summed E-state index contributed by atoms with van der Waals surface area (Å²) in [4.78, 5) is 0. The average Bonchev–Trinajstić information content (AvgIpc) is 1.85. The van der Waals surface area contributed by atoms with Crippen molar-refractivity contribution in [3.63, 3.8) is 0 Å². The Hall–Kier alpha value is 1.23. The zero-order chi connectivity index (χ0) is 8.74. The van der Waals surface area contributed by atoms with Gasteiger partial charge in [0.05, 0.1) is 0 Å². The summed E-state index contributed by atoms with van der Waals surface area (Å²) in [5.74, 6) is 0. The molecule has 1 nitrogen and oxygen atoms in total. The Morgan fingerprint density at radius 3 is 2.36 bits per heavy atom. The second-order valence-corrected chi connectivity index (χ2v) is 10.4. The van der Waals surface area contributed by atoms with Gasteiger partial charge in [0.25, 0.3) is 0 Å². The molecule has 4 heteroatoms. The molecule has 0 aromatic carbocycles. The molecule has 0 radical (unpaired) electrons. The maximum Gasteiger partial charge on any atom is 0.501 e. The van der Waals surface area contributed by atoms with E-state index in [0.717, 1.165) is 6.61 Å². The molecule has 0 aromatic rings. The molecule has 0 saturated heterocycles. The normalized spacial score (nSPS) is 11.3. The van der Waals surface area contributed by atoms with E-state index in [-0.39, 0.29) is 19.3 Å². The predicted octanol–water partition coefficient (Wildman–Crippen LogP) is 2.89. The molecule has 0 bridgehead atoms. The first-order chi connectivity index (χ1) is 5.06. The Morgan fingerprint density at radius 1 is 1.27 bits per heavy atom. The van der Waals surface area contributed by atoms with Gasteiger partial charge in [-0.05, 0) is 26.1 Å². The molecule has 0 amide bonds. The van der Waals surface area contributed by atoms with Gasteiger partial charge in [-0.2, -0.15) is 0 Å². The van der Waals surface area contributed by atoms with E-state index in [1.165, 1.54) is 17.4 Å². The van der Waals surface area contributed by atoms with Crippen LogP contribution in [0.5, 0.6) is 0 Å². The van der Waals surface area contributed by atoms with Crippen molar-refractivity contribution in [1.29, 1.82) is 0 Å². The molecule has 0 aliphatic rings. The zero-order valence-corrected chi connectivity index (χ0v) is 11.0. The molecule has 0 aliphatic carbocycles. The van der Waals surface area contributed by atoms with Gasteiger partial charge in [-0.3, -0.25) is 0 Å². The van der Waals surface area contributed by atoms with Crippen LogP contribution < -0.4 is 0 Å². The molecule has 0 aliphatic heterocycles. The van der Waals surface area contributed by atoms with E-state index in [4.69, 9.17) is 13.5 Å². The lowest BCUT2D eigenvalue weighted by Gasteiger charge is -2.16. The molecule has 0 N–H and O–H groups in total. The van der Waals surface area contributed by atoms with Crippen molar-refractivity contribution in [3.8, 4) is 0 Å². The largest absolute Gasteiger partial charge is 0.501 e. The molecule has 0 heterocycles. The summed E-state index contributed by atoms with van der Waals surface area (Å²) in [6, 6.07) is 0. The van der Waals surface area contributed by atoms with Gasteiger partial charge >= 0.3 is 19.3 Å². The molecule has 0 aromatic heterocycles. The van der Waals surface area contributed by atoms with E-state index in [9.17, 15) is 0 Å². The maximum atomic E-state index is 5.69. The van der Waals surface area contributed by atoms with Crippen LogP contribution in [0, 0.1) is 0 Å². The van der Waals surface area contributed by atoms with Crippen molar-refractivity contribution in [2.24, 2.45) is 0 Å². The number of halogens is 1. The lowest BCUT2D eigenvalue weighted by molar-refractivity contribution is 0.303. The van der Waals surface area contributed by atoms with Gasteiger partial charge in [0.2, 0.25) is 0 Å². The maximum absolute atomic E-state index is 5.69. The topological polar surface area (TPSA) is 9.23 Å². The number of unbranched alkanes of at least 4 members (excludes halogenated alkanes) is 1. The minimum atomic E-state index is -1.24. The van der Waals surface area contributed by atoms with Gasteiger partial charge in [-0.1, -0.05) is 6.42 Å². The predicted molar refractivity (Wildman–Crippen MR) is 54.9 cm³/mol. The molecule has 0 atom stereocenters. The Balaban J connectivity index is 3.02. The van der Waals surface area contributed by atoms with Gasteiger partial charge in [0.1, 0.15) is 0 Å². The Bertz CT molecular complexity index is 94.9. The van der Waals surface area contributed by atoms with Crippen LogP contribution in [0.25, 0.3) is 0 Å². The first-order valence-electron chi connectivity index (χ1n) is 4.26. The summed E-state index contributed by atoms with van der Waals surface area (Å²) in [6.45, 7) is 7.62. The van der Waals surface area contributed by atoms with Crippen molar-refractivity contribution >= 4 is 36.7 Å². The zero-order valence-electron chi connectivity index (χ0n) is 7.82. The standard InChI is InChI=1S/C7H17OSi.ClH.Mg/c1-5-6-7-8-9(2,3)4;;/h1,5-7H2,2-4H3;1H;/q;;+1/p-1. The summed E-state index contributed by atoms with van der Waals surface area (Å²) in [7, 11) is 4.44. The van der Waals surface area contributed by atoms with Gasteiger partial charge in [0, 0.05) is 6.61 Å². The van der Waals surface area contributed by atoms with Crippen LogP contribution in [0.3, 0.4) is 0 Å². The highest BCUT2D eigenvalue weighted by molar-refractivity contribution is 6.93. The highest BCUT2D eigenvalue weighted by Crippen LogP contribution is 2.05. The van der Waals surface area contributed by atoms with Crippen LogP contribution in [0.1, 0.15) is 12.8 Å². The van der Waals surface area contributed by atoms with Crippen LogP contribution in [-0.4, -0.2) is 34.2 Å². The third kappa shape index (κ3) is 11.2. The van der Waals surface area contributed by atoms with Crippen LogP contribution in [0.4, 0.5) is 0 Å². The lowest BCUT2D eigenvalue weighted by atomic mass is 10.4. The first-order valence-corrected chi connectivity index (χ1v) is 10.8. The van der Waals surface area contributed by atoms with E-state index >= 15 is 0 Å². The minimum Gasteiger partial charge on any atom is -0.418 e.